The van der Waals surface area contributed by atoms with E-state index in [0.717, 1.165) is 5.56 Å². The second kappa shape index (κ2) is 5.93. The zero-order valence-corrected chi connectivity index (χ0v) is 12.3. The molecule has 0 aliphatic rings. The van der Waals surface area contributed by atoms with Gasteiger partial charge in [0.2, 0.25) is 0 Å². The van der Waals surface area contributed by atoms with Crippen LogP contribution in [0.1, 0.15) is 22.7 Å². The lowest BCUT2D eigenvalue weighted by Crippen LogP contribution is -2.29. The summed E-state index contributed by atoms with van der Waals surface area (Å²) < 4.78 is 14.0. The van der Waals surface area contributed by atoms with Gasteiger partial charge >= 0.3 is 0 Å². The number of rotatable bonds is 4. The average Bonchev–Trinajstić information content (AvgIpc) is 2.77. The number of halogens is 2. The summed E-state index contributed by atoms with van der Waals surface area (Å²) in [7, 11) is 0. The van der Waals surface area contributed by atoms with Crippen LogP contribution in [-0.2, 0) is 6.42 Å². The lowest BCUT2D eigenvalue weighted by atomic mass is 9.99. The quantitative estimate of drug-likeness (QED) is 0.663. The second-order valence-corrected chi connectivity index (χ2v) is 5.68. The summed E-state index contributed by atoms with van der Waals surface area (Å²) in [6.07, 6.45) is 0.645. The Balaban J connectivity index is 2.26. The fraction of sp³-hybridized carbons (Fsp3) is 0.231. The minimum Gasteiger partial charge on any atom is -0.271 e. The highest BCUT2D eigenvalue weighted by atomic mass is 79.9. The molecule has 2 rings (SSSR count). The first-order chi connectivity index (χ1) is 8.63. The largest absolute Gasteiger partial charge is 0.271 e. The van der Waals surface area contributed by atoms with Gasteiger partial charge in [0.1, 0.15) is 5.82 Å². The van der Waals surface area contributed by atoms with Crippen LogP contribution in [0.3, 0.4) is 0 Å². The summed E-state index contributed by atoms with van der Waals surface area (Å²) in [6.45, 7) is 2.05. The van der Waals surface area contributed by atoms with Gasteiger partial charge in [-0.15, -0.1) is 0 Å². The van der Waals surface area contributed by atoms with Crippen molar-refractivity contribution in [3.63, 3.8) is 0 Å². The van der Waals surface area contributed by atoms with Gasteiger partial charge in [-0.1, -0.05) is 12.1 Å². The van der Waals surface area contributed by atoms with E-state index in [4.69, 9.17) is 5.84 Å². The summed E-state index contributed by atoms with van der Waals surface area (Å²) in [5.41, 5.74) is 6.08. The van der Waals surface area contributed by atoms with Crippen molar-refractivity contribution in [2.24, 2.45) is 5.84 Å². The van der Waals surface area contributed by atoms with Crippen molar-refractivity contribution < 1.29 is 4.39 Å². The fourth-order valence-corrected chi connectivity index (χ4v) is 3.24. The van der Waals surface area contributed by atoms with Gasteiger partial charge in [0.25, 0.3) is 0 Å². The molecule has 0 radical (unpaired) electrons. The zero-order valence-electron chi connectivity index (χ0n) is 9.91. The molecule has 5 heteroatoms. The van der Waals surface area contributed by atoms with E-state index in [0.29, 0.717) is 10.9 Å². The monoisotopic (exact) mass is 328 g/mol. The van der Waals surface area contributed by atoms with Crippen molar-refractivity contribution in [2.45, 2.75) is 19.4 Å². The van der Waals surface area contributed by atoms with Crippen LogP contribution in [0.4, 0.5) is 4.39 Å². The van der Waals surface area contributed by atoms with Crippen molar-refractivity contribution in [1.29, 1.82) is 0 Å². The zero-order chi connectivity index (χ0) is 13.1. The molecule has 0 saturated heterocycles. The van der Waals surface area contributed by atoms with Gasteiger partial charge in [0.15, 0.2) is 0 Å². The highest BCUT2D eigenvalue weighted by Crippen LogP contribution is 2.28. The van der Waals surface area contributed by atoms with Crippen molar-refractivity contribution in [3.8, 4) is 0 Å². The summed E-state index contributed by atoms with van der Waals surface area (Å²) in [6, 6.07) is 5.05. The molecule has 18 heavy (non-hydrogen) atoms. The Bertz CT molecular complexity index is 542. The molecule has 1 unspecified atom stereocenters. The smallest absolute Gasteiger partial charge is 0.137 e. The molecule has 0 aliphatic carbocycles. The number of hydrazine groups is 1. The molecule has 0 fully saturated rings. The van der Waals surface area contributed by atoms with Gasteiger partial charge in [-0.3, -0.25) is 11.3 Å². The minimum atomic E-state index is -0.245. The number of aryl methyl sites for hydroxylation is 1. The SMILES string of the molecule is Cc1cscc1C(Cc1cccc(F)c1Br)NN. The third-order valence-electron chi connectivity index (χ3n) is 2.93. The van der Waals surface area contributed by atoms with E-state index in [9.17, 15) is 4.39 Å². The molecular weight excluding hydrogens is 315 g/mol. The molecule has 96 valence electrons. The number of benzene rings is 1. The molecule has 0 saturated carbocycles. The Morgan fingerprint density at radius 1 is 1.44 bits per heavy atom. The van der Waals surface area contributed by atoms with Crippen LogP contribution in [0.2, 0.25) is 0 Å². The second-order valence-electron chi connectivity index (χ2n) is 4.15. The molecule has 3 N–H and O–H groups in total. The highest BCUT2D eigenvalue weighted by Gasteiger charge is 2.16. The van der Waals surface area contributed by atoms with Gasteiger partial charge in [-0.05, 0) is 62.8 Å². The van der Waals surface area contributed by atoms with Crippen LogP contribution >= 0.6 is 27.3 Å². The third-order valence-corrected chi connectivity index (χ3v) is 4.70. The maximum atomic E-state index is 13.5. The molecule has 1 heterocycles. The van der Waals surface area contributed by atoms with Crippen molar-refractivity contribution in [1.82, 2.24) is 5.43 Å². The lowest BCUT2D eigenvalue weighted by Gasteiger charge is -2.17. The first-order valence-electron chi connectivity index (χ1n) is 5.55. The average molecular weight is 329 g/mol. The molecule has 0 bridgehead atoms. The van der Waals surface area contributed by atoms with Crippen LogP contribution in [0, 0.1) is 12.7 Å². The summed E-state index contributed by atoms with van der Waals surface area (Å²) in [5.74, 6) is 5.37. The number of thiophene rings is 1. The van der Waals surface area contributed by atoms with E-state index in [2.05, 4.69) is 39.0 Å². The van der Waals surface area contributed by atoms with Gasteiger partial charge in [-0.2, -0.15) is 11.3 Å². The predicted octanol–water partition coefficient (Wildman–Crippen LogP) is 3.71. The molecule has 2 nitrogen and oxygen atoms in total. The van der Waals surface area contributed by atoms with Crippen molar-refractivity contribution >= 4 is 27.3 Å². The van der Waals surface area contributed by atoms with Gasteiger partial charge < -0.3 is 0 Å². The molecule has 1 aromatic heterocycles. The molecule has 1 atom stereocenters. The Labute approximate surface area is 118 Å². The van der Waals surface area contributed by atoms with E-state index in [-0.39, 0.29) is 11.9 Å². The third kappa shape index (κ3) is 2.80. The van der Waals surface area contributed by atoms with Gasteiger partial charge in [0.05, 0.1) is 10.5 Å². The summed E-state index contributed by atoms with van der Waals surface area (Å²) in [5, 5.41) is 4.16. The van der Waals surface area contributed by atoms with Crippen LogP contribution < -0.4 is 11.3 Å². The Kier molecular flexibility index (Phi) is 4.50. The maximum Gasteiger partial charge on any atom is 0.137 e. The van der Waals surface area contributed by atoms with Crippen LogP contribution in [0.15, 0.2) is 33.4 Å². The number of hydrogen-bond donors (Lipinski definition) is 2. The number of nitrogens with one attached hydrogen (secondary N) is 1. The van der Waals surface area contributed by atoms with Gasteiger partial charge in [0, 0.05) is 0 Å². The molecule has 0 aliphatic heterocycles. The lowest BCUT2D eigenvalue weighted by molar-refractivity contribution is 0.546. The summed E-state index contributed by atoms with van der Waals surface area (Å²) >= 11 is 4.93. The number of hydrogen-bond acceptors (Lipinski definition) is 3. The Morgan fingerprint density at radius 2 is 2.22 bits per heavy atom. The molecular formula is C13H14BrFN2S. The normalized spacial score (nSPS) is 12.7. The Hall–Kier alpha value is -0.750. The first kappa shape index (κ1) is 13.7. The van der Waals surface area contributed by atoms with Crippen LogP contribution in [0.25, 0.3) is 0 Å². The molecule has 1 aromatic carbocycles. The van der Waals surface area contributed by atoms with E-state index in [1.54, 1.807) is 17.4 Å². The predicted molar refractivity (Wildman–Crippen MR) is 76.9 cm³/mol. The number of nitrogens with two attached hydrogens (primary N) is 1. The minimum absolute atomic E-state index is 0.00523. The highest BCUT2D eigenvalue weighted by molar-refractivity contribution is 9.10. The van der Waals surface area contributed by atoms with Crippen LogP contribution in [-0.4, -0.2) is 0 Å². The van der Waals surface area contributed by atoms with E-state index < -0.39 is 0 Å². The van der Waals surface area contributed by atoms with Crippen LogP contribution in [0.5, 0.6) is 0 Å². The summed E-state index contributed by atoms with van der Waals surface area (Å²) in [4.78, 5) is 0. The topological polar surface area (TPSA) is 38.0 Å². The van der Waals surface area contributed by atoms with Crippen molar-refractivity contribution in [3.05, 3.63) is 55.9 Å². The van der Waals surface area contributed by atoms with E-state index >= 15 is 0 Å². The maximum absolute atomic E-state index is 13.5. The molecule has 0 amide bonds. The van der Waals surface area contributed by atoms with E-state index in [1.807, 2.05) is 6.07 Å². The van der Waals surface area contributed by atoms with Crippen molar-refractivity contribution in [2.75, 3.05) is 0 Å². The Morgan fingerprint density at radius 3 is 2.83 bits per heavy atom. The van der Waals surface area contributed by atoms with E-state index in [1.165, 1.54) is 17.2 Å². The fourth-order valence-electron chi connectivity index (χ4n) is 1.91. The first-order valence-corrected chi connectivity index (χ1v) is 7.28. The molecule has 0 spiro atoms. The van der Waals surface area contributed by atoms with Gasteiger partial charge in [-0.25, -0.2) is 4.39 Å². The standard InChI is InChI=1S/C13H14BrFN2S/c1-8-6-18-7-10(8)12(17-16)5-9-3-2-4-11(15)13(9)14/h2-4,6-7,12,17H,5,16H2,1H3. The molecule has 2 aromatic rings.